The average Bonchev–Trinajstić information content (AvgIpc) is 3.01. The predicted octanol–water partition coefficient (Wildman–Crippen LogP) is 2.81. The van der Waals surface area contributed by atoms with E-state index in [2.05, 4.69) is 22.7 Å². The summed E-state index contributed by atoms with van der Waals surface area (Å²) in [5.41, 5.74) is 2.25. The first kappa shape index (κ1) is 11.8. The number of nitrogens with zero attached hydrogens (tertiary/aromatic N) is 2. The molecule has 1 aromatic carbocycles. The van der Waals surface area contributed by atoms with Crippen molar-refractivity contribution < 1.29 is 0 Å². The Morgan fingerprint density at radius 1 is 1.39 bits per heavy atom. The molecule has 1 unspecified atom stereocenters. The molecule has 1 atom stereocenters. The molecule has 2 heterocycles. The molecule has 1 aliphatic heterocycles. The van der Waals surface area contributed by atoms with Gasteiger partial charge in [-0.25, -0.2) is 0 Å². The van der Waals surface area contributed by atoms with Crippen molar-refractivity contribution in [2.75, 3.05) is 13.1 Å². The third-order valence-corrected chi connectivity index (χ3v) is 3.63. The van der Waals surface area contributed by atoms with Crippen molar-refractivity contribution in [3.63, 3.8) is 0 Å². The van der Waals surface area contributed by atoms with Crippen LogP contribution in [0.15, 0.2) is 36.7 Å². The van der Waals surface area contributed by atoms with E-state index in [1.807, 2.05) is 29.1 Å². The van der Waals surface area contributed by atoms with Crippen LogP contribution < -0.4 is 5.32 Å². The zero-order valence-corrected chi connectivity index (χ0v) is 10.9. The van der Waals surface area contributed by atoms with Crippen LogP contribution in [0.4, 0.5) is 0 Å². The SMILES string of the molecule is Clc1cccc(-c2cnn(CC3CCNC3)c2)c1. The standard InChI is InChI=1S/C14H16ClN3/c15-14-3-1-2-12(6-14)13-8-17-18(10-13)9-11-4-5-16-7-11/h1-3,6,8,10-11,16H,4-5,7,9H2. The van der Waals surface area contributed by atoms with Crippen LogP contribution in [0, 0.1) is 5.92 Å². The molecule has 1 N–H and O–H groups in total. The summed E-state index contributed by atoms with van der Waals surface area (Å²) in [5.74, 6) is 0.706. The van der Waals surface area contributed by atoms with E-state index in [1.165, 1.54) is 6.42 Å². The van der Waals surface area contributed by atoms with Crippen LogP contribution in [-0.4, -0.2) is 22.9 Å². The normalized spacial score (nSPS) is 19.3. The fourth-order valence-corrected chi connectivity index (χ4v) is 2.61. The number of benzene rings is 1. The molecule has 2 aromatic rings. The Kier molecular flexibility index (Phi) is 3.35. The Morgan fingerprint density at radius 3 is 3.11 bits per heavy atom. The molecule has 0 spiro atoms. The van der Waals surface area contributed by atoms with Gasteiger partial charge >= 0.3 is 0 Å². The highest BCUT2D eigenvalue weighted by Gasteiger charge is 2.15. The lowest BCUT2D eigenvalue weighted by molar-refractivity contribution is 0.449. The van der Waals surface area contributed by atoms with Gasteiger partial charge in [-0.15, -0.1) is 0 Å². The Morgan fingerprint density at radius 2 is 2.33 bits per heavy atom. The van der Waals surface area contributed by atoms with E-state index in [-0.39, 0.29) is 0 Å². The summed E-state index contributed by atoms with van der Waals surface area (Å²) in [6, 6.07) is 7.89. The van der Waals surface area contributed by atoms with Gasteiger partial charge in [-0.3, -0.25) is 4.68 Å². The molecule has 1 aliphatic rings. The van der Waals surface area contributed by atoms with Crippen molar-refractivity contribution >= 4 is 11.6 Å². The summed E-state index contributed by atoms with van der Waals surface area (Å²) >= 11 is 6.00. The molecule has 1 fully saturated rings. The fourth-order valence-electron chi connectivity index (χ4n) is 2.42. The number of hydrogen-bond acceptors (Lipinski definition) is 2. The minimum atomic E-state index is 0.706. The quantitative estimate of drug-likeness (QED) is 0.921. The van der Waals surface area contributed by atoms with E-state index >= 15 is 0 Å². The minimum absolute atomic E-state index is 0.706. The van der Waals surface area contributed by atoms with Crippen LogP contribution >= 0.6 is 11.6 Å². The monoisotopic (exact) mass is 261 g/mol. The van der Waals surface area contributed by atoms with Crippen LogP contribution in [0.3, 0.4) is 0 Å². The lowest BCUT2D eigenvalue weighted by Gasteiger charge is -2.07. The van der Waals surface area contributed by atoms with Crippen molar-refractivity contribution in [3.8, 4) is 11.1 Å². The summed E-state index contributed by atoms with van der Waals surface area (Å²) in [4.78, 5) is 0. The molecule has 94 valence electrons. The van der Waals surface area contributed by atoms with Crippen LogP contribution in [-0.2, 0) is 6.54 Å². The molecular formula is C14H16ClN3. The molecule has 18 heavy (non-hydrogen) atoms. The maximum atomic E-state index is 6.00. The van der Waals surface area contributed by atoms with E-state index < -0.39 is 0 Å². The molecule has 1 saturated heterocycles. The molecule has 0 amide bonds. The van der Waals surface area contributed by atoms with Gasteiger partial charge in [0.2, 0.25) is 0 Å². The van der Waals surface area contributed by atoms with E-state index in [1.54, 1.807) is 0 Å². The number of halogens is 1. The lowest BCUT2D eigenvalue weighted by atomic mass is 10.1. The number of rotatable bonds is 3. The van der Waals surface area contributed by atoms with Gasteiger partial charge in [-0.1, -0.05) is 23.7 Å². The van der Waals surface area contributed by atoms with Gasteiger partial charge in [0, 0.05) is 23.3 Å². The maximum absolute atomic E-state index is 6.00. The lowest BCUT2D eigenvalue weighted by Crippen LogP contribution is -2.14. The van der Waals surface area contributed by atoms with Crippen molar-refractivity contribution in [3.05, 3.63) is 41.7 Å². The van der Waals surface area contributed by atoms with Gasteiger partial charge in [0.15, 0.2) is 0 Å². The van der Waals surface area contributed by atoms with E-state index in [0.29, 0.717) is 5.92 Å². The topological polar surface area (TPSA) is 29.9 Å². The highest BCUT2D eigenvalue weighted by Crippen LogP contribution is 2.22. The molecule has 3 rings (SSSR count). The van der Waals surface area contributed by atoms with Gasteiger partial charge in [-0.05, 0) is 43.1 Å². The predicted molar refractivity (Wildman–Crippen MR) is 73.6 cm³/mol. The fraction of sp³-hybridized carbons (Fsp3) is 0.357. The first-order valence-electron chi connectivity index (χ1n) is 6.30. The van der Waals surface area contributed by atoms with Crippen molar-refractivity contribution in [1.29, 1.82) is 0 Å². The van der Waals surface area contributed by atoms with Gasteiger partial charge < -0.3 is 5.32 Å². The van der Waals surface area contributed by atoms with Gasteiger partial charge in [-0.2, -0.15) is 5.10 Å². The molecule has 0 radical (unpaired) electrons. The third kappa shape index (κ3) is 2.57. The Bertz CT molecular complexity index is 529. The Hall–Kier alpha value is -1.32. The summed E-state index contributed by atoms with van der Waals surface area (Å²) < 4.78 is 2.04. The molecular weight excluding hydrogens is 246 g/mol. The van der Waals surface area contributed by atoms with E-state index in [9.17, 15) is 0 Å². The number of nitrogens with one attached hydrogen (secondary N) is 1. The number of hydrogen-bond donors (Lipinski definition) is 1. The van der Waals surface area contributed by atoms with E-state index in [0.717, 1.165) is 35.8 Å². The second-order valence-electron chi connectivity index (χ2n) is 4.82. The highest BCUT2D eigenvalue weighted by molar-refractivity contribution is 6.30. The molecule has 4 heteroatoms. The smallest absolute Gasteiger partial charge is 0.0568 e. The Balaban J connectivity index is 1.76. The largest absolute Gasteiger partial charge is 0.316 e. The van der Waals surface area contributed by atoms with Gasteiger partial charge in [0.1, 0.15) is 0 Å². The second-order valence-corrected chi connectivity index (χ2v) is 5.26. The zero-order valence-electron chi connectivity index (χ0n) is 10.1. The molecule has 0 saturated carbocycles. The van der Waals surface area contributed by atoms with Crippen molar-refractivity contribution in [1.82, 2.24) is 15.1 Å². The van der Waals surface area contributed by atoms with Crippen molar-refractivity contribution in [2.24, 2.45) is 5.92 Å². The van der Waals surface area contributed by atoms with Crippen LogP contribution in [0.25, 0.3) is 11.1 Å². The van der Waals surface area contributed by atoms with Crippen molar-refractivity contribution in [2.45, 2.75) is 13.0 Å². The molecule has 0 bridgehead atoms. The summed E-state index contributed by atoms with van der Waals surface area (Å²) in [6.45, 7) is 3.23. The first-order chi connectivity index (χ1) is 8.81. The van der Waals surface area contributed by atoms with Crippen LogP contribution in [0.1, 0.15) is 6.42 Å². The third-order valence-electron chi connectivity index (χ3n) is 3.40. The van der Waals surface area contributed by atoms with Gasteiger partial charge in [0.25, 0.3) is 0 Å². The molecule has 0 aliphatic carbocycles. The summed E-state index contributed by atoms with van der Waals surface area (Å²) in [7, 11) is 0. The van der Waals surface area contributed by atoms with Gasteiger partial charge in [0.05, 0.1) is 6.20 Å². The second kappa shape index (κ2) is 5.12. The highest BCUT2D eigenvalue weighted by atomic mass is 35.5. The average molecular weight is 262 g/mol. The molecule has 1 aromatic heterocycles. The number of aromatic nitrogens is 2. The summed E-state index contributed by atoms with van der Waals surface area (Å²) in [5, 5.41) is 8.58. The van der Waals surface area contributed by atoms with Crippen LogP contribution in [0.5, 0.6) is 0 Å². The minimum Gasteiger partial charge on any atom is -0.316 e. The maximum Gasteiger partial charge on any atom is 0.0568 e. The Labute approximate surface area is 112 Å². The summed E-state index contributed by atoms with van der Waals surface area (Å²) in [6.07, 6.45) is 5.25. The molecule has 3 nitrogen and oxygen atoms in total. The zero-order chi connectivity index (χ0) is 12.4. The van der Waals surface area contributed by atoms with Crippen LogP contribution in [0.2, 0.25) is 5.02 Å². The first-order valence-corrected chi connectivity index (χ1v) is 6.68. The van der Waals surface area contributed by atoms with E-state index in [4.69, 9.17) is 11.6 Å².